The summed E-state index contributed by atoms with van der Waals surface area (Å²) in [6.07, 6.45) is 4.15. The standard InChI is InChI=1S/C29H34FN7O2S/c1-3-23-28(35(2)29-33-24(18-40-29)19-4-6-21(30)7-5-19)37-25(32-23)8-9-26(34-37)36-14-10-22(11-15-36)31-27(38)20-12-16-39-17-13-20/h4-9,18,20,22H,3,10-17H2,1-2H3,(H,31,38). The van der Waals surface area contributed by atoms with Crippen LogP contribution in [0.25, 0.3) is 16.9 Å². The Hall–Kier alpha value is -3.57. The topological polar surface area (TPSA) is 87.9 Å². The highest BCUT2D eigenvalue weighted by Gasteiger charge is 2.27. The number of nitrogens with zero attached hydrogens (tertiary/aromatic N) is 6. The van der Waals surface area contributed by atoms with E-state index in [1.165, 1.54) is 23.5 Å². The molecule has 210 valence electrons. The predicted octanol–water partition coefficient (Wildman–Crippen LogP) is 4.83. The van der Waals surface area contributed by atoms with E-state index in [2.05, 4.69) is 17.1 Å². The van der Waals surface area contributed by atoms with Crippen molar-refractivity contribution in [3.8, 4) is 11.3 Å². The van der Waals surface area contributed by atoms with Gasteiger partial charge in [0.15, 0.2) is 16.6 Å². The number of anilines is 3. The summed E-state index contributed by atoms with van der Waals surface area (Å²) < 4.78 is 20.7. The molecule has 2 aliphatic rings. The summed E-state index contributed by atoms with van der Waals surface area (Å²) in [5.41, 5.74) is 3.41. The van der Waals surface area contributed by atoms with Crippen LogP contribution in [0.3, 0.4) is 0 Å². The molecule has 9 nitrogen and oxygen atoms in total. The van der Waals surface area contributed by atoms with Crippen molar-refractivity contribution in [1.82, 2.24) is 24.9 Å². The van der Waals surface area contributed by atoms with Gasteiger partial charge in [0, 0.05) is 56.3 Å². The van der Waals surface area contributed by atoms with Gasteiger partial charge in [-0.15, -0.1) is 16.4 Å². The number of amides is 1. The van der Waals surface area contributed by atoms with E-state index in [4.69, 9.17) is 19.8 Å². The van der Waals surface area contributed by atoms with Crippen LogP contribution in [0.2, 0.25) is 0 Å². The van der Waals surface area contributed by atoms with Crippen molar-refractivity contribution in [3.05, 3.63) is 53.3 Å². The smallest absolute Gasteiger partial charge is 0.223 e. The van der Waals surface area contributed by atoms with Crippen LogP contribution in [-0.4, -0.2) is 64.9 Å². The highest BCUT2D eigenvalue weighted by Crippen LogP contribution is 2.34. The molecule has 0 bridgehead atoms. The molecule has 11 heteroatoms. The molecule has 1 aromatic carbocycles. The van der Waals surface area contributed by atoms with E-state index in [1.54, 1.807) is 12.1 Å². The van der Waals surface area contributed by atoms with Gasteiger partial charge in [0.1, 0.15) is 11.6 Å². The third-order valence-electron chi connectivity index (χ3n) is 7.84. The number of hydrogen-bond acceptors (Lipinski definition) is 8. The molecular formula is C29H34FN7O2S. The van der Waals surface area contributed by atoms with Crippen LogP contribution in [-0.2, 0) is 16.0 Å². The van der Waals surface area contributed by atoms with Gasteiger partial charge in [-0.3, -0.25) is 4.79 Å². The van der Waals surface area contributed by atoms with Crippen LogP contribution in [0.5, 0.6) is 0 Å². The van der Waals surface area contributed by atoms with Crippen molar-refractivity contribution >= 4 is 39.7 Å². The number of rotatable bonds is 7. The lowest BCUT2D eigenvalue weighted by Crippen LogP contribution is -2.47. The maximum Gasteiger partial charge on any atom is 0.223 e. The molecule has 2 fully saturated rings. The molecule has 2 aliphatic heterocycles. The highest BCUT2D eigenvalue weighted by atomic mass is 32.1. The molecule has 0 atom stereocenters. The first kappa shape index (κ1) is 26.6. The Morgan fingerprint density at radius 3 is 2.58 bits per heavy atom. The normalized spacial score (nSPS) is 16.9. The van der Waals surface area contributed by atoms with Gasteiger partial charge in [-0.25, -0.2) is 14.4 Å². The van der Waals surface area contributed by atoms with Gasteiger partial charge in [-0.1, -0.05) is 6.92 Å². The molecule has 0 radical (unpaired) electrons. The summed E-state index contributed by atoms with van der Waals surface area (Å²) in [4.78, 5) is 26.7. The lowest BCUT2D eigenvalue weighted by molar-refractivity contribution is -0.128. The average Bonchev–Trinajstić information content (AvgIpc) is 3.63. The largest absolute Gasteiger partial charge is 0.381 e. The zero-order valence-electron chi connectivity index (χ0n) is 22.8. The van der Waals surface area contributed by atoms with E-state index in [1.807, 2.05) is 34.0 Å². The van der Waals surface area contributed by atoms with Gasteiger partial charge in [0.05, 0.1) is 11.4 Å². The Morgan fingerprint density at radius 1 is 1.10 bits per heavy atom. The summed E-state index contributed by atoms with van der Waals surface area (Å²) in [5.74, 6) is 1.76. The second kappa shape index (κ2) is 11.5. The van der Waals surface area contributed by atoms with E-state index in [9.17, 15) is 9.18 Å². The Morgan fingerprint density at radius 2 is 1.85 bits per heavy atom. The minimum Gasteiger partial charge on any atom is -0.381 e. The molecule has 0 saturated carbocycles. The molecule has 3 aromatic heterocycles. The molecule has 6 rings (SSSR count). The van der Waals surface area contributed by atoms with E-state index in [0.29, 0.717) is 13.2 Å². The summed E-state index contributed by atoms with van der Waals surface area (Å²) in [6, 6.07) is 10.6. The average molecular weight is 564 g/mol. The van der Waals surface area contributed by atoms with E-state index < -0.39 is 0 Å². The number of carbonyl (C=O) groups is 1. The number of benzene rings is 1. The number of ether oxygens (including phenoxy) is 1. The number of thiazole rings is 1. The molecule has 5 heterocycles. The van der Waals surface area contributed by atoms with Crippen molar-refractivity contribution in [1.29, 1.82) is 0 Å². The highest BCUT2D eigenvalue weighted by molar-refractivity contribution is 7.14. The maximum atomic E-state index is 13.4. The number of aryl methyl sites for hydroxylation is 1. The summed E-state index contributed by atoms with van der Waals surface area (Å²) in [5, 5.41) is 11.1. The Balaban J connectivity index is 1.19. The minimum absolute atomic E-state index is 0.0740. The molecule has 4 aromatic rings. The Labute approximate surface area is 237 Å². The van der Waals surface area contributed by atoms with Gasteiger partial charge in [-0.2, -0.15) is 4.52 Å². The van der Waals surface area contributed by atoms with Gasteiger partial charge in [0.2, 0.25) is 5.91 Å². The maximum absolute atomic E-state index is 13.4. The van der Waals surface area contributed by atoms with Crippen LogP contribution in [0.1, 0.15) is 38.3 Å². The minimum atomic E-state index is -0.263. The molecule has 2 saturated heterocycles. The molecular weight excluding hydrogens is 529 g/mol. The van der Waals surface area contributed by atoms with Crippen molar-refractivity contribution < 1.29 is 13.9 Å². The Kier molecular flexibility index (Phi) is 7.66. The first-order valence-corrected chi connectivity index (χ1v) is 14.8. The molecule has 0 aliphatic carbocycles. The molecule has 40 heavy (non-hydrogen) atoms. The summed E-state index contributed by atoms with van der Waals surface area (Å²) in [7, 11) is 1.98. The molecule has 0 spiro atoms. The number of imidazole rings is 1. The number of piperidine rings is 1. The predicted molar refractivity (Wildman–Crippen MR) is 155 cm³/mol. The lowest BCUT2D eigenvalue weighted by Gasteiger charge is -2.34. The van der Waals surface area contributed by atoms with Crippen LogP contribution in [0.4, 0.5) is 21.2 Å². The van der Waals surface area contributed by atoms with Gasteiger partial charge in [0.25, 0.3) is 0 Å². The van der Waals surface area contributed by atoms with E-state index >= 15 is 0 Å². The van der Waals surface area contributed by atoms with Crippen molar-refractivity contribution in [2.24, 2.45) is 5.92 Å². The first-order valence-electron chi connectivity index (χ1n) is 14.0. The zero-order valence-corrected chi connectivity index (χ0v) is 23.7. The number of halogens is 1. The number of carbonyl (C=O) groups excluding carboxylic acids is 1. The first-order chi connectivity index (χ1) is 19.5. The van der Waals surface area contributed by atoms with Crippen LogP contribution in [0.15, 0.2) is 41.8 Å². The van der Waals surface area contributed by atoms with E-state index in [0.717, 1.165) is 84.6 Å². The fourth-order valence-corrected chi connectivity index (χ4v) is 6.29. The monoisotopic (exact) mass is 563 g/mol. The number of hydrogen-bond donors (Lipinski definition) is 1. The van der Waals surface area contributed by atoms with Crippen molar-refractivity contribution in [3.63, 3.8) is 0 Å². The lowest BCUT2D eigenvalue weighted by atomic mass is 9.97. The second-order valence-corrected chi connectivity index (χ2v) is 11.3. The van der Waals surface area contributed by atoms with Crippen molar-refractivity contribution in [2.75, 3.05) is 43.2 Å². The van der Waals surface area contributed by atoms with Gasteiger partial charge in [-0.05, 0) is 68.5 Å². The fraction of sp³-hybridized carbons (Fsp3) is 0.448. The van der Waals surface area contributed by atoms with Gasteiger partial charge >= 0.3 is 0 Å². The van der Waals surface area contributed by atoms with E-state index in [-0.39, 0.29) is 23.7 Å². The van der Waals surface area contributed by atoms with Crippen LogP contribution >= 0.6 is 11.3 Å². The fourth-order valence-electron chi connectivity index (χ4n) is 5.49. The zero-order chi connectivity index (χ0) is 27.6. The summed E-state index contributed by atoms with van der Waals surface area (Å²) >= 11 is 1.53. The summed E-state index contributed by atoms with van der Waals surface area (Å²) in [6.45, 7) is 5.09. The molecule has 1 amide bonds. The number of fused-ring (bicyclic) bond motifs is 1. The SMILES string of the molecule is CCc1nc2ccc(N3CCC(NC(=O)C4CCOCC4)CC3)nn2c1N(C)c1nc(-c2ccc(F)cc2)cs1. The third kappa shape index (κ3) is 5.40. The Bertz CT molecular complexity index is 1470. The quantitative estimate of drug-likeness (QED) is 0.345. The second-order valence-electron chi connectivity index (χ2n) is 10.4. The third-order valence-corrected chi connectivity index (χ3v) is 8.76. The van der Waals surface area contributed by atoms with Crippen LogP contribution < -0.4 is 15.1 Å². The number of aromatic nitrogens is 4. The molecule has 0 unspecified atom stereocenters. The van der Waals surface area contributed by atoms with Gasteiger partial charge < -0.3 is 19.9 Å². The number of nitrogens with one attached hydrogen (secondary N) is 1. The van der Waals surface area contributed by atoms with Crippen LogP contribution in [0, 0.1) is 11.7 Å². The van der Waals surface area contributed by atoms with Crippen molar-refractivity contribution in [2.45, 2.75) is 45.1 Å². The molecule has 1 N–H and O–H groups in total.